The second-order valence-corrected chi connectivity index (χ2v) is 5.44. The summed E-state index contributed by atoms with van der Waals surface area (Å²) in [5.41, 5.74) is 0.958. The molecule has 1 aromatic heterocycles. The van der Waals surface area contributed by atoms with Gasteiger partial charge in [0.2, 0.25) is 0 Å². The summed E-state index contributed by atoms with van der Waals surface area (Å²) in [6.45, 7) is 0. The highest BCUT2D eigenvalue weighted by Crippen LogP contribution is 2.40. The van der Waals surface area contributed by atoms with Gasteiger partial charge in [-0.2, -0.15) is 0 Å². The zero-order chi connectivity index (χ0) is 14.9. The number of nitrogens with zero attached hydrogens (tertiary/aromatic N) is 1. The molecule has 7 heteroatoms. The third kappa shape index (κ3) is 2.86. The van der Waals surface area contributed by atoms with Crippen LogP contribution in [0.15, 0.2) is 24.5 Å². The number of methoxy groups -OCH3 is 1. The molecule has 1 aromatic carbocycles. The van der Waals surface area contributed by atoms with E-state index in [1.165, 1.54) is 31.6 Å². The average molecular weight is 351 g/mol. The van der Waals surface area contributed by atoms with Crippen LogP contribution in [-0.4, -0.2) is 18.1 Å². The Bertz CT molecular complexity index is 665. The number of aromatic nitrogens is 1. The number of ether oxygens (including phenoxy) is 1. The fourth-order valence-corrected chi connectivity index (χ4v) is 2.99. The summed E-state index contributed by atoms with van der Waals surface area (Å²) in [6.07, 6.45) is 2.79. The summed E-state index contributed by atoms with van der Waals surface area (Å²) in [5, 5.41) is 1.11. The van der Waals surface area contributed by atoms with Gasteiger partial charge in [-0.05, 0) is 12.1 Å². The van der Waals surface area contributed by atoms with Gasteiger partial charge >= 0.3 is 5.97 Å². The number of esters is 1. The van der Waals surface area contributed by atoms with Gasteiger partial charge in [0, 0.05) is 28.5 Å². The lowest BCUT2D eigenvalue weighted by atomic mass is 10.0. The first kappa shape index (κ1) is 15.4. The van der Waals surface area contributed by atoms with Gasteiger partial charge in [-0.1, -0.05) is 46.4 Å². The topological polar surface area (TPSA) is 39.2 Å². The molecule has 1 heterocycles. The lowest BCUT2D eigenvalue weighted by molar-refractivity contribution is 0.0601. The number of carbonyl (C=O) groups is 1. The van der Waals surface area contributed by atoms with E-state index in [4.69, 9.17) is 51.1 Å². The highest BCUT2D eigenvalue weighted by molar-refractivity contribution is 6.42. The minimum absolute atomic E-state index is 0.148. The van der Waals surface area contributed by atoms with Crippen LogP contribution in [0.25, 0.3) is 11.1 Å². The molecule has 104 valence electrons. The zero-order valence-corrected chi connectivity index (χ0v) is 13.1. The van der Waals surface area contributed by atoms with Crippen LogP contribution in [0.5, 0.6) is 0 Å². The first-order chi connectivity index (χ1) is 9.45. The maximum Gasteiger partial charge on any atom is 0.340 e. The van der Waals surface area contributed by atoms with Crippen LogP contribution in [0.4, 0.5) is 0 Å². The van der Waals surface area contributed by atoms with Crippen LogP contribution in [0.2, 0.25) is 20.1 Å². The smallest absolute Gasteiger partial charge is 0.340 e. The zero-order valence-electron chi connectivity index (χ0n) is 10.1. The molecule has 0 aliphatic heterocycles. The molecular weight excluding hydrogens is 344 g/mol. The monoisotopic (exact) mass is 349 g/mol. The van der Waals surface area contributed by atoms with Crippen LogP contribution >= 0.6 is 46.4 Å². The summed E-state index contributed by atoms with van der Waals surface area (Å²) in [5.74, 6) is -0.602. The van der Waals surface area contributed by atoms with Crippen LogP contribution in [0.3, 0.4) is 0 Å². The quantitative estimate of drug-likeness (QED) is 0.703. The first-order valence-electron chi connectivity index (χ1n) is 5.32. The molecule has 0 saturated heterocycles. The van der Waals surface area contributed by atoms with Crippen molar-refractivity contribution in [2.24, 2.45) is 0 Å². The standard InChI is InChI=1S/C13H7Cl4NO2/c1-20-13(19)12-7(4-18-5-10(12)17)11-8(15)2-6(14)3-9(11)16/h2-5H,1H3. The molecule has 0 N–H and O–H groups in total. The Labute approximate surface area is 135 Å². The van der Waals surface area contributed by atoms with Crippen molar-refractivity contribution < 1.29 is 9.53 Å². The van der Waals surface area contributed by atoms with Crippen molar-refractivity contribution in [3.8, 4) is 11.1 Å². The molecule has 3 nitrogen and oxygen atoms in total. The van der Waals surface area contributed by atoms with E-state index in [1.807, 2.05) is 0 Å². The van der Waals surface area contributed by atoms with Gasteiger partial charge in [0.25, 0.3) is 0 Å². The molecule has 0 amide bonds. The number of hydrogen-bond donors (Lipinski definition) is 0. The average Bonchev–Trinajstić information content (AvgIpc) is 2.37. The maximum absolute atomic E-state index is 11.9. The maximum atomic E-state index is 11.9. The van der Waals surface area contributed by atoms with E-state index in [2.05, 4.69) is 4.98 Å². The molecule has 0 unspecified atom stereocenters. The van der Waals surface area contributed by atoms with Crippen molar-refractivity contribution >= 4 is 52.4 Å². The normalized spacial score (nSPS) is 10.4. The minimum atomic E-state index is -0.602. The van der Waals surface area contributed by atoms with Gasteiger partial charge in [0.05, 0.1) is 27.7 Å². The van der Waals surface area contributed by atoms with Crippen molar-refractivity contribution in [3.63, 3.8) is 0 Å². The molecule has 0 atom stereocenters. The molecule has 20 heavy (non-hydrogen) atoms. The Morgan fingerprint density at radius 1 is 1.05 bits per heavy atom. The fourth-order valence-electron chi connectivity index (χ4n) is 1.73. The van der Waals surface area contributed by atoms with Crippen molar-refractivity contribution in [3.05, 3.63) is 50.2 Å². The van der Waals surface area contributed by atoms with E-state index in [0.29, 0.717) is 16.1 Å². The summed E-state index contributed by atoms with van der Waals surface area (Å²) >= 11 is 24.2. The molecular formula is C13H7Cl4NO2. The lowest BCUT2D eigenvalue weighted by Crippen LogP contribution is -2.05. The van der Waals surface area contributed by atoms with E-state index >= 15 is 0 Å². The highest BCUT2D eigenvalue weighted by atomic mass is 35.5. The Morgan fingerprint density at radius 2 is 1.65 bits per heavy atom. The summed E-state index contributed by atoms with van der Waals surface area (Å²) in [4.78, 5) is 15.8. The third-order valence-corrected chi connectivity index (χ3v) is 3.67. The Balaban J connectivity index is 2.77. The summed E-state index contributed by atoms with van der Waals surface area (Å²) < 4.78 is 4.72. The van der Waals surface area contributed by atoms with E-state index < -0.39 is 5.97 Å². The van der Waals surface area contributed by atoms with Crippen LogP contribution in [-0.2, 0) is 4.74 Å². The predicted molar refractivity (Wildman–Crippen MR) is 81.1 cm³/mol. The summed E-state index contributed by atoms with van der Waals surface area (Å²) in [7, 11) is 1.26. The van der Waals surface area contributed by atoms with Crippen molar-refractivity contribution in [2.45, 2.75) is 0 Å². The Hall–Kier alpha value is -1.000. The Morgan fingerprint density at radius 3 is 2.20 bits per heavy atom. The van der Waals surface area contributed by atoms with Gasteiger partial charge in [0.15, 0.2) is 0 Å². The Kier molecular flexibility index (Phi) is 4.76. The SMILES string of the molecule is COC(=O)c1c(Cl)cncc1-c1c(Cl)cc(Cl)cc1Cl. The fraction of sp³-hybridized carbons (Fsp3) is 0.0769. The minimum Gasteiger partial charge on any atom is -0.465 e. The number of benzene rings is 1. The number of pyridine rings is 1. The van der Waals surface area contributed by atoms with Gasteiger partial charge < -0.3 is 4.74 Å². The van der Waals surface area contributed by atoms with E-state index in [-0.39, 0.29) is 20.6 Å². The lowest BCUT2D eigenvalue weighted by Gasteiger charge is -2.12. The van der Waals surface area contributed by atoms with Crippen LogP contribution in [0.1, 0.15) is 10.4 Å². The molecule has 0 radical (unpaired) electrons. The second kappa shape index (κ2) is 6.19. The number of hydrogen-bond acceptors (Lipinski definition) is 3. The van der Waals surface area contributed by atoms with Gasteiger partial charge in [-0.25, -0.2) is 4.79 Å². The molecule has 0 bridgehead atoms. The van der Waals surface area contributed by atoms with Crippen molar-refractivity contribution in [1.29, 1.82) is 0 Å². The molecule has 0 fully saturated rings. The molecule has 0 saturated carbocycles. The number of halogens is 4. The van der Waals surface area contributed by atoms with E-state index in [0.717, 1.165) is 0 Å². The van der Waals surface area contributed by atoms with Gasteiger partial charge in [-0.15, -0.1) is 0 Å². The molecule has 2 aromatic rings. The largest absolute Gasteiger partial charge is 0.465 e. The van der Waals surface area contributed by atoms with Gasteiger partial charge in [0.1, 0.15) is 0 Å². The number of carbonyl (C=O) groups excluding carboxylic acids is 1. The molecule has 0 aliphatic carbocycles. The predicted octanol–water partition coefficient (Wildman–Crippen LogP) is 5.15. The third-order valence-electron chi connectivity index (χ3n) is 2.57. The number of rotatable bonds is 2. The molecule has 0 spiro atoms. The van der Waals surface area contributed by atoms with E-state index in [9.17, 15) is 4.79 Å². The van der Waals surface area contributed by atoms with Crippen LogP contribution in [0, 0.1) is 0 Å². The first-order valence-corrected chi connectivity index (χ1v) is 6.83. The van der Waals surface area contributed by atoms with Gasteiger partial charge in [-0.3, -0.25) is 4.98 Å². The van der Waals surface area contributed by atoms with Crippen molar-refractivity contribution in [2.75, 3.05) is 7.11 Å². The van der Waals surface area contributed by atoms with E-state index in [1.54, 1.807) is 0 Å². The molecule has 0 aliphatic rings. The second-order valence-electron chi connectivity index (χ2n) is 3.78. The summed E-state index contributed by atoms with van der Waals surface area (Å²) in [6, 6.07) is 3.04. The van der Waals surface area contributed by atoms with Crippen molar-refractivity contribution in [1.82, 2.24) is 4.98 Å². The molecule has 2 rings (SSSR count). The van der Waals surface area contributed by atoms with Crippen LogP contribution < -0.4 is 0 Å². The highest BCUT2D eigenvalue weighted by Gasteiger charge is 2.21.